The van der Waals surface area contributed by atoms with Crippen LogP contribution in [0.1, 0.15) is 28.6 Å². The van der Waals surface area contributed by atoms with Crippen molar-refractivity contribution < 1.29 is 13.9 Å². The van der Waals surface area contributed by atoms with E-state index in [0.29, 0.717) is 22.9 Å². The summed E-state index contributed by atoms with van der Waals surface area (Å²) in [7, 11) is 0. The van der Waals surface area contributed by atoms with E-state index < -0.39 is 5.91 Å². The second-order valence-corrected chi connectivity index (χ2v) is 7.95. The Morgan fingerprint density at radius 3 is 2.34 bits per heavy atom. The van der Waals surface area contributed by atoms with Gasteiger partial charge in [0.1, 0.15) is 23.0 Å². The molecule has 5 rings (SSSR count). The van der Waals surface area contributed by atoms with Gasteiger partial charge in [-0.15, -0.1) is 0 Å². The number of amides is 1. The summed E-state index contributed by atoms with van der Waals surface area (Å²) in [5, 5.41) is 11.5. The van der Waals surface area contributed by atoms with Gasteiger partial charge in [-0.05, 0) is 55.0 Å². The monoisotopic (exact) mass is 436 g/mol. The average molecular weight is 436 g/mol. The molecule has 32 heavy (non-hydrogen) atoms. The number of anilines is 1. The molecule has 2 aromatic carbocycles. The fourth-order valence-corrected chi connectivity index (χ4v) is 4.37. The number of ether oxygens (including phenoxy) is 1. The Labute approximate surface area is 185 Å². The number of nitrogens with two attached hydrogens (primary N) is 1. The molecule has 1 amide bonds. The Morgan fingerprint density at radius 2 is 1.69 bits per heavy atom. The molecular formula is C23H25FN6O2. The number of hydrogen-bond donors (Lipinski definition) is 3. The van der Waals surface area contributed by atoms with Crippen LogP contribution in [-0.4, -0.2) is 53.3 Å². The SMILES string of the molecule is NC(=O)c1c2c(nn1-c1ccc(Oc3ccc(F)cc3)cc1)[C@H](N1CCNCC1)CCN2. The molecule has 2 aliphatic rings. The van der Waals surface area contributed by atoms with Gasteiger partial charge in [-0.2, -0.15) is 5.10 Å². The molecule has 0 spiro atoms. The third-order valence-corrected chi connectivity index (χ3v) is 5.90. The maximum atomic E-state index is 13.1. The van der Waals surface area contributed by atoms with Crippen molar-refractivity contribution in [3.8, 4) is 17.2 Å². The Hall–Kier alpha value is -3.43. The summed E-state index contributed by atoms with van der Waals surface area (Å²) >= 11 is 0. The van der Waals surface area contributed by atoms with E-state index in [2.05, 4.69) is 15.5 Å². The smallest absolute Gasteiger partial charge is 0.269 e. The number of carbonyl (C=O) groups excluding carboxylic acids is 1. The molecule has 0 saturated carbocycles. The molecule has 9 heteroatoms. The number of benzene rings is 2. The Bertz CT molecular complexity index is 1110. The van der Waals surface area contributed by atoms with Crippen LogP contribution in [-0.2, 0) is 0 Å². The van der Waals surface area contributed by atoms with Gasteiger partial charge in [-0.3, -0.25) is 9.69 Å². The quantitative estimate of drug-likeness (QED) is 0.569. The maximum absolute atomic E-state index is 13.1. The number of halogens is 1. The zero-order valence-electron chi connectivity index (χ0n) is 17.6. The highest BCUT2D eigenvalue weighted by Crippen LogP contribution is 2.37. The van der Waals surface area contributed by atoms with Crippen molar-refractivity contribution in [2.24, 2.45) is 5.73 Å². The zero-order chi connectivity index (χ0) is 22.1. The molecular weight excluding hydrogens is 411 g/mol. The fraction of sp³-hybridized carbons (Fsp3) is 0.304. The molecule has 166 valence electrons. The number of fused-ring (bicyclic) bond motifs is 1. The van der Waals surface area contributed by atoms with Crippen molar-refractivity contribution in [2.75, 3.05) is 38.0 Å². The predicted molar refractivity (Wildman–Crippen MR) is 119 cm³/mol. The van der Waals surface area contributed by atoms with Gasteiger partial charge >= 0.3 is 0 Å². The maximum Gasteiger partial charge on any atom is 0.269 e. The molecule has 1 aromatic heterocycles. The molecule has 1 saturated heterocycles. The number of carbonyl (C=O) groups is 1. The van der Waals surface area contributed by atoms with Crippen LogP contribution in [0.2, 0.25) is 0 Å². The van der Waals surface area contributed by atoms with Gasteiger partial charge in [0.05, 0.1) is 17.4 Å². The molecule has 2 aliphatic heterocycles. The van der Waals surface area contributed by atoms with E-state index in [9.17, 15) is 9.18 Å². The van der Waals surface area contributed by atoms with Crippen molar-refractivity contribution in [3.05, 3.63) is 65.7 Å². The van der Waals surface area contributed by atoms with E-state index in [0.717, 1.165) is 50.5 Å². The normalized spacial score (nSPS) is 18.6. The number of rotatable bonds is 5. The zero-order valence-corrected chi connectivity index (χ0v) is 17.6. The lowest BCUT2D eigenvalue weighted by Crippen LogP contribution is -2.46. The summed E-state index contributed by atoms with van der Waals surface area (Å²) in [5.41, 5.74) is 8.41. The molecule has 1 fully saturated rings. The van der Waals surface area contributed by atoms with E-state index in [-0.39, 0.29) is 11.9 Å². The van der Waals surface area contributed by atoms with Gasteiger partial charge in [-0.1, -0.05) is 0 Å². The Balaban J connectivity index is 1.46. The van der Waals surface area contributed by atoms with Crippen LogP contribution in [0.25, 0.3) is 5.69 Å². The number of nitrogens with one attached hydrogen (secondary N) is 2. The van der Waals surface area contributed by atoms with Crippen LogP contribution in [0.15, 0.2) is 48.5 Å². The van der Waals surface area contributed by atoms with E-state index in [1.165, 1.54) is 12.1 Å². The van der Waals surface area contributed by atoms with Crippen LogP contribution in [0.3, 0.4) is 0 Å². The third-order valence-electron chi connectivity index (χ3n) is 5.90. The molecule has 1 atom stereocenters. The average Bonchev–Trinajstić information content (AvgIpc) is 3.22. The number of aromatic nitrogens is 2. The summed E-state index contributed by atoms with van der Waals surface area (Å²) in [6, 6.07) is 13.2. The van der Waals surface area contributed by atoms with Gasteiger partial charge in [0, 0.05) is 32.7 Å². The molecule has 0 radical (unpaired) electrons. The third kappa shape index (κ3) is 3.92. The summed E-state index contributed by atoms with van der Waals surface area (Å²) in [5.74, 6) is 0.283. The Kier molecular flexibility index (Phi) is 5.50. The summed E-state index contributed by atoms with van der Waals surface area (Å²) in [6.07, 6.45) is 0.923. The number of hydrogen-bond acceptors (Lipinski definition) is 6. The van der Waals surface area contributed by atoms with Crippen LogP contribution in [0.5, 0.6) is 11.5 Å². The molecule has 4 N–H and O–H groups in total. The minimum atomic E-state index is -0.529. The van der Waals surface area contributed by atoms with Gasteiger partial charge in [0.15, 0.2) is 5.69 Å². The minimum absolute atomic E-state index is 0.147. The van der Waals surface area contributed by atoms with E-state index in [4.69, 9.17) is 15.6 Å². The van der Waals surface area contributed by atoms with E-state index in [1.54, 1.807) is 28.9 Å². The summed E-state index contributed by atoms with van der Waals surface area (Å²) in [4.78, 5) is 14.8. The van der Waals surface area contributed by atoms with Gasteiger partial charge in [0.25, 0.3) is 5.91 Å². The first-order chi connectivity index (χ1) is 15.6. The predicted octanol–water partition coefficient (Wildman–Crippen LogP) is 2.66. The highest BCUT2D eigenvalue weighted by atomic mass is 19.1. The first-order valence-electron chi connectivity index (χ1n) is 10.8. The molecule has 0 unspecified atom stereocenters. The van der Waals surface area contributed by atoms with Crippen molar-refractivity contribution >= 4 is 11.6 Å². The lowest BCUT2D eigenvalue weighted by atomic mass is 10.0. The second kappa shape index (κ2) is 8.60. The van der Waals surface area contributed by atoms with Crippen molar-refractivity contribution in [2.45, 2.75) is 12.5 Å². The van der Waals surface area contributed by atoms with E-state index >= 15 is 0 Å². The Morgan fingerprint density at radius 1 is 1.03 bits per heavy atom. The number of piperazine rings is 1. The first-order valence-corrected chi connectivity index (χ1v) is 10.8. The van der Waals surface area contributed by atoms with Crippen LogP contribution >= 0.6 is 0 Å². The molecule has 8 nitrogen and oxygen atoms in total. The molecule has 0 aliphatic carbocycles. The fourth-order valence-electron chi connectivity index (χ4n) is 4.37. The van der Waals surface area contributed by atoms with Crippen LogP contribution < -0.4 is 21.1 Å². The van der Waals surface area contributed by atoms with Gasteiger partial charge < -0.3 is 21.1 Å². The highest BCUT2D eigenvalue weighted by Gasteiger charge is 2.34. The summed E-state index contributed by atoms with van der Waals surface area (Å²) in [6.45, 7) is 4.53. The highest BCUT2D eigenvalue weighted by molar-refractivity contribution is 5.98. The topological polar surface area (TPSA) is 97.4 Å². The van der Waals surface area contributed by atoms with Gasteiger partial charge in [-0.25, -0.2) is 9.07 Å². The van der Waals surface area contributed by atoms with Gasteiger partial charge in [0.2, 0.25) is 0 Å². The lowest BCUT2D eigenvalue weighted by Gasteiger charge is -2.36. The molecule has 3 heterocycles. The molecule has 3 aromatic rings. The minimum Gasteiger partial charge on any atom is -0.457 e. The largest absolute Gasteiger partial charge is 0.457 e. The lowest BCUT2D eigenvalue weighted by molar-refractivity contribution is 0.0993. The number of primary amides is 1. The van der Waals surface area contributed by atoms with Crippen molar-refractivity contribution in [1.82, 2.24) is 20.0 Å². The first kappa shape index (κ1) is 20.5. The standard InChI is InChI=1S/C23H25FN6O2/c24-15-1-5-17(6-2-15)32-18-7-3-16(4-8-18)30-22(23(25)31)21-20(28-30)19(9-10-27-21)29-13-11-26-12-14-29/h1-8,19,26-27H,9-14H2,(H2,25,31)/t19-/m1/s1. The molecule has 0 bridgehead atoms. The van der Waals surface area contributed by atoms with Crippen molar-refractivity contribution in [1.29, 1.82) is 0 Å². The van der Waals surface area contributed by atoms with Crippen LogP contribution in [0, 0.1) is 5.82 Å². The van der Waals surface area contributed by atoms with Crippen molar-refractivity contribution in [3.63, 3.8) is 0 Å². The summed E-state index contributed by atoms with van der Waals surface area (Å²) < 4.78 is 20.5. The van der Waals surface area contributed by atoms with E-state index in [1.807, 2.05) is 12.1 Å². The number of nitrogens with zero attached hydrogens (tertiary/aromatic N) is 3. The second-order valence-electron chi connectivity index (χ2n) is 7.95. The van der Waals surface area contributed by atoms with Crippen LogP contribution in [0.4, 0.5) is 10.1 Å².